The molecule has 0 rings (SSSR count). The fourth-order valence-corrected chi connectivity index (χ4v) is 1.82. The molecule has 0 saturated carbocycles. The van der Waals surface area contributed by atoms with Gasteiger partial charge in [-0.05, 0) is 6.42 Å². The van der Waals surface area contributed by atoms with Crippen LogP contribution in [0.5, 0.6) is 0 Å². The first kappa shape index (κ1) is 24.1. The smallest absolute Gasteiger partial charge is 0.0701 e. The Morgan fingerprint density at radius 3 is 1.12 bits per heavy atom. The third-order valence-electron chi connectivity index (χ3n) is 2.97. The van der Waals surface area contributed by atoms with Crippen LogP contribution in [0.15, 0.2) is 0 Å². The molecular weight excluding hydrogens is 336 g/mol. The Morgan fingerprint density at radius 1 is 0.458 bits per heavy atom. The van der Waals surface area contributed by atoms with E-state index >= 15 is 0 Å². The Labute approximate surface area is 152 Å². The van der Waals surface area contributed by atoms with Crippen LogP contribution in [0.3, 0.4) is 0 Å². The van der Waals surface area contributed by atoms with Gasteiger partial charge in [0.2, 0.25) is 0 Å². The number of rotatable bonds is 21. The van der Waals surface area contributed by atoms with Gasteiger partial charge in [-0.1, -0.05) is 19.8 Å². The maximum atomic E-state index is 5.48. The van der Waals surface area contributed by atoms with E-state index in [9.17, 15) is 0 Å². The van der Waals surface area contributed by atoms with Crippen LogP contribution in [-0.4, -0.2) is 85.2 Å². The third-order valence-corrected chi connectivity index (χ3v) is 3.13. The second kappa shape index (κ2) is 23.1. The molecule has 146 valence electrons. The number of hydrogen-bond donors (Lipinski definition) is 0. The minimum Gasteiger partial charge on any atom is -0.379 e. The molecule has 0 aliphatic heterocycles. The molecule has 0 aromatic heterocycles. The van der Waals surface area contributed by atoms with Gasteiger partial charge < -0.3 is 28.4 Å². The lowest BCUT2D eigenvalue weighted by Crippen LogP contribution is -2.14. The highest BCUT2D eigenvalue weighted by atomic mass is 35.5. The van der Waals surface area contributed by atoms with Crippen LogP contribution in [0.25, 0.3) is 0 Å². The summed E-state index contributed by atoms with van der Waals surface area (Å²) in [6, 6.07) is 0. The first-order chi connectivity index (χ1) is 11.9. The number of halogens is 1. The van der Waals surface area contributed by atoms with E-state index < -0.39 is 0 Å². The van der Waals surface area contributed by atoms with Gasteiger partial charge in [0.1, 0.15) is 0 Å². The molecule has 7 heteroatoms. The van der Waals surface area contributed by atoms with Gasteiger partial charge in [0.25, 0.3) is 0 Å². The van der Waals surface area contributed by atoms with Crippen LogP contribution >= 0.6 is 11.6 Å². The number of alkyl halides is 1. The standard InChI is InChI=1S/C17H35ClO6/c1-2-3-4-6-19-8-10-21-12-14-23-16-17-24-15-13-22-11-9-20-7-5-18/h2-17H2,1H3. The Hall–Kier alpha value is 0.0500. The van der Waals surface area contributed by atoms with E-state index in [1.165, 1.54) is 12.8 Å². The largest absolute Gasteiger partial charge is 0.379 e. The monoisotopic (exact) mass is 370 g/mol. The zero-order valence-electron chi connectivity index (χ0n) is 15.1. The van der Waals surface area contributed by atoms with Crippen molar-refractivity contribution in [1.29, 1.82) is 0 Å². The molecule has 0 atom stereocenters. The molecule has 0 heterocycles. The van der Waals surface area contributed by atoms with Gasteiger partial charge in [0, 0.05) is 12.5 Å². The van der Waals surface area contributed by atoms with E-state index in [2.05, 4.69) is 6.92 Å². The summed E-state index contributed by atoms with van der Waals surface area (Å²) < 4.78 is 32.1. The lowest BCUT2D eigenvalue weighted by molar-refractivity contribution is -0.0162. The molecule has 0 aromatic rings. The van der Waals surface area contributed by atoms with Crippen molar-refractivity contribution in [3.63, 3.8) is 0 Å². The molecule has 0 amide bonds. The van der Waals surface area contributed by atoms with Crippen LogP contribution in [0, 0.1) is 0 Å². The molecule has 0 fully saturated rings. The molecule has 0 aromatic carbocycles. The van der Waals surface area contributed by atoms with E-state index in [-0.39, 0.29) is 0 Å². The molecule has 6 nitrogen and oxygen atoms in total. The van der Waals surface area contributed by atoms with Gasteiger partial charge in [-0.15, -0.1) is 11.6 Å². The zero-order valence-corrected chi connectivity index (χ0v) is 15.9. The predicted molar refractivity (Wildman–Crippen MR) is 95.2 cm³/mol. The van der Waals surface area contributed by atoms with Gasteiger partial charge in [-0.2, -0.15) is 0 Å². The second-order valence-electron chi connectivity index (χ2n) is 5.07. The molecule has 0 radical (unpaired) electrons. The predicted octanol–water partition coefficient (Wildman–Crippen LogP) is 2.52. The molecular formula is C17H35ClO6. The van der Waals surface area contributed by atoms with Crippen molar-refractivity contribution in [2.24, 2.45) is 0 Å². The van der Waals surface area contributed by atoms with Crippen LogP contribution in [0.2, 0.25) is 0 Å². The Balaban J connectivity index is 2.93. The van der Waals surface area contributed by atoms with Crippen molar-refractivity contribution in [2.75, 3.05) is 85.2 Å². The van der Waals surface area contributed by atoms with Crippen LogP contribution in [0.4, 0.5) is 0 Å². The van der Waals surface area contributed by atoms with Crippen LogP contribution in [-0.2, 0) is 28.4 Å². The van der Waals surface area contributed by atoms with E-state index in [1.54, 1.807) is 0 Å². The fourth-order valence-electron chi connectivity index (χ4n) is 1.71. The van der Waals surface area contributed by atoms with Crippen LogP contribution < -0.4 is 0 Å². The van der Waals surface area contributed by atoms with E-state index in [0.717, 1.165) is 13.0 Å². The topological polar surface area (TPSA) is 55.4 Å². The van der Waals surface area contributed by atoms with E-state index in [1.807, 2.05) is 0 Å². The van der Waals surface area contributed by atoms with Gasteiger partial charge in [-0.25, -0.2) is 0 Å². The highest BCUT2D eigenvalue weighted by Gasteiger charge is 1.94. The summed E-state index contributed by atoms with van der Waals surface area (Å²) in [7, 11) is 0. The number of unbranched alkanes of at least 4 members (excludes halogenated alkanes) is 2. The maximum Gasteiger partial charge on any atom is 0.0701 e. The summed E-state index contributed by atoms with van der Waals surface area (Å²) in [6.07, 6.45) is 3.58. The highest BCUT2D eigenvalue weighted by molar-refractivity contribution is 6.17. The minimum atomic E-state index is 0.515. The lowest BCUT2D eigenvalue weighted by Gasteiger charge is -2.08. The summed E-state index contributed by atoms with van der Waals surface area (Å²) in [4.78, 5) is 0. The van der Waals surface area contributed by atoms with Gasteiger partial charge in [-0.3, -0.25) is 0 Å². The molecule has 0 aliphatic rings. The van der Waals surface area contributed by atoms with Crippen molar-refractivity contribution in [1.82, 2.24) is 0 Å². The molecule has 0 bridgehead atoms. The van der Waals surface area contributed by atoms with Gasteiger partial charge >= 0.3 is 0 Å². The summed E-state index contributed by atoms with van der Waals surface area (Å²) in [5.74, 6) is 0.515. The summed E-state index contributed by atoms with van der Waals surface area (Å²) in [5.41, 5.74) is 0. The average molecular weight is 371 g/mol. The second-order valence-corrected chi connectivity index (χ2v) is 5.45. The van der Waals surface area contributed by atoms with Crippen molar-refractivity contribution >= 4 is 11.6 Å². The number of hydrogen-bond acceptors (Lipinski definition) is 6. The van der Waals surface area contributed by atoms with Crippen LogP contribution in [0.1, 0.15) is 26.2 Å². The van der Waals surface area contributed by atoms with E-state index in [0.29, 0.717) is 78.6 Å². The number of ether oxygens (including phenoxy) is 6. The molecule has 0 unspecified atom stereocenters. The Bertz CT molecular complexity index is 199. The van der Waals surface area contributed by atoms with Crippen molar-refractivity contribution in [3.05, 3.63) is 0 Å². The first-order valence-electron chi connectivity index (χ1n) is 8.94. The first-order valence-corrected chi connectivity index (χ1v) is 9.47. The van der Waals surface area contributed by atoms with Crippen molar-refractivity contribution in [3.8, 4) is 0 Å². The normalized spacial score (nSPS) is 11.2. The molecule has 0 aliphatic carbocycles. The lowest BCUT2D eigenvalue weighted by atomic mass is 10.3. The SMILES string of the molecule is CCCCCOCCOCCOCCOCCOCCOCCCl. The summed E-state index contributed by atoms with van der Waals surface area (Å²) in [5, 5.41) is 0. The third kappa shape index (κ3) is 22.1. The highest BCUT2D eigenvalue weighted by Crippen LogP contribution is 1.93. The van der Waals surface area contributed by atoms with Gasteiger partial charge in [0.15, 0.2) is 0 Å². The summed E-state index contributed by atoms with van der Waals surface area (Å²) >= 11 is 5.48. The molecule has 0 N–H and O–H groups in total. The fraction of sp³-hybridized carbons (Fsp3) is 1.00. The Kier molecular flexibility index (Phi) is 23.1. The van der Waals surface area contributed by atoms with Crippen molar-refractivity contribution in [2.45, 2.75) is 26.2 Å². The average Bonchev–Trinajstić information content (AvgIpc) is 2.60. The quantitative estimate of drug-likeness (QED) is 0.228. The molecule has 0 saturated heterocycles. The summed E-state index contributed by atoms with van der Waals surface area (Å²) in [6.45, 7) is 9.40. The van der Waals surface area contributed by atoms with Gasteiger partial charge in [0.05, 0.1) is 72.7 Å². The van der Waals surface area contributed by atoms with Crippen molar-refractivity contribution < 1.29 is 28.4 Å². The Morgan fingerprint density at radius 2 is 0.792 bits per heavy atom. The molecule has 24 heavy (non-hydrogen) atoms. The maximum absolute atomic E-state index is 5.48. The van der Waals surface area contributed by atoms with E-state index in [4.69, 9.17) is 40.0 Å². The minimum absolute atomic E-state index is 0.515. The zero-order chi connectivity index (χ0) is 17.6. The molecule has 0 spiro atoms.